The number of carbonyl (C=O) groups is 2. The molecule has 1 N–H and O–H groups in total. The van der Waals surface area contributed by atoms with Crippen molar-refractivity contribution >= 4 is 28.3 Å². The molecule has 0 radical (unpaired) electrons. The van der Waals surface area contributed by atoms with E-state index < -0.39 is 29.3 Å². The zero-order chi connectivity index (χ0) is 21.5. The molecule has 0 spiro atoms. The number of furan rings is 1. The van der Waals surface area contributed by atoms with Gasteiger partial charge in [0.15, 0.2) is 11.5 Å². The Morgan fingerprint density at radius 2 is 1.61 bits per heavy atom. The summed E-state index contributed by atoms with van der Waals surface area (Å²) in [6.45, 7) is 0. The van der Waals surface area contributed by atoms with E-state index in [2.05, 4.69) is 0 Å². The monoisotopic (exact) mass is 413 g/mol. The molecule has 152 valence electrons. The fourth-order valence-electron chi connectivity index (χ4n) is 3.91. The van der Waals surface area contributed by atoms with Crippen LogP contribution in [0.15, 0.2) is 101 Å². The molecule has 4 aromatic rings. The first kappa shape index (κ1) is 18.8. The quantitative estimate of drug-likeness (QED) is 0.458. The SMILES string of the molecule is O=C(C1=C(O)C(=O)N(c2ccccc2)C1c1ccccc1F)c1cc2ccccc2o1. The molecule has 1 amide bonds. The van der Waals surface area contributed by atoms with Crippen LogP contribution in [0.4, 0.5) is 10.1 Å². The third-order valence-electron chi connectivity index (χ3n) is 5.34. The Labute approximate surface area is 176 Å². The molecule has 1 aliphatic heterocycles. The summed E-state index contributed by atoms with van der Waals surface area (Å²) in [6.07, 6.45) is 0. The number of carbonyl (C=O) groups excluding carboxylic acids is 2. The third-order valence-corrected chi connectivity index (χ3v) is 5.34. The Hall–Kier alpha value is -4.19. The van der Waals surface area contributed by atoms with Gasteiger partial charge >= 0.3 is 0 Å². The lowest BCUT2D eigenvalue weighted by Crippen LogP contribution is -2.31. The highest BCUT2D eigenvalue weighted by Gasteiger charge is 2.46. The van der Waals surface area contributed by atoms with Crippen LogP contribution in [0, 0.1) is 5.82 Å². The Bertz CT molecular complexity index is 1320. The lowest BCUT2D eigenvalue weighted by atomic mass is 9.94. The van der Waals surface area contributed by atoms with Crippen LogP contribution in [0.3, 0.4) is 0 Å². The van der Waals surface area contributed by atoms with Crippen LogP contribution in [0.25, 0.3) is 11.0 Å². The number of benzene rings is 3. The number of hydrogen-bond donors (Lipinski definition) is 1. The lowest BCUT2D eigenvalue weighted by molar-refractivity contribution is -0.117. The molecule has 0 bridgehead atoms. The molecular formula is C25H16FNO4. The molecule has 2 heterocycles. The smallest absolute Gasteiger partial charge is 0.294 e. The third kappa shape index (κ3) is 3.00. The molecule has 31 heavy (non-hydrogen) atoms. The first-order valence-electron chi connectivity index (χ1n) is 9.65. The molecule has 6 heteroatoms. The number of amides is 1. The average Bonchev–Trinajstić information content (AvgIpc) is 3.34. The fraction of sp³-hybridized carbons (Fsp3) is 0.0400. The predicted molar refractivity (Wildman–Crippen MR) is 113 cm³/mol. The molecule has 1 aromatic heterocycles. The molecule has 0 saturated heterocycles. The summed E-state index contributed by atoms with van der Waals surface area (Å²) in [5.74, 6) is -2.80. The molecule has 1 atom stereocenters. The van der Waals surface area contributed by atoms with Crippen LogP contribution in [-0.4, -0.2) is 16.8 Å². The van der Waals surface area contributed by atoms with Crippen molar-refractivity contribution in [2.75, 3.05) is 4.90 Å². The number of ketones is 1. The number of anilines is 1. The summed E-state index contributed by atoms with van der Waals surface area (Å²) in [6, 6.07) is 21.9. The number of nitrogens with zero attached hydrogens (tertiary/aromatic N) is 1. The van der Waals surface area contributed by atoms with Crippen LogP contribution in [-0.2, 0) is 4.79 Å². The predicted octanol–water partition coefficient (Wildman–Crippen LogP) is 5.35. The maximum absolute atomic E-state index is 14.8. The minimum atomic E-state index is -1.14. The summed E-state index contributed by atoms with van der Waals surface area (Å²) in [5, 5.41) is 11.4. The van der Waals surface area contributed by atoms with Gasteiger partial charge in [0.25, 0.3) is 5.91 Å². The van der Waals surface area contributed by atoms with Gasteiger partial charge in [-0.2, -0.15) is 0 Å². The highest BCUT2D eigenvalue weighted by atomic mass is 19.1. The molecule has 0 aliphatic carbocycles. The number of halogens is 1. The van der Waals surface area contributed by atoms with E-state index in [4.69, 9.17) is 4.42 Å². The summed E-state index contributed by atoms with van der Waals surface area (Å²) in [7, 11) is 0. The Morgan fingerprint density at radius 1 is 0.935 bits per heavy atom. The van der Waals surface area contributed by atoms with Gasteiger partial charge in [0.1, 0.15) is 11.4 Å². The van der Waals surface area contributed by atoms with Crippen molar-refractivity contribution in [1.82, 2.24) is 0 Å². The molecule has 1 aliphatic rings. The number of rotatable bonds is 4. The second-order valence-corrected chi connectivity index (χ2v) is 7.17. The van der Waals surface area contributed by atoms with Crippen molar-refractivity contribution in [3.05, 3.63) is 113 Å². The zero-order valence-electron chi connectivity index (χ0n) is 16.2. The Kier molecular flexibility index (Phi) is 4.40. The van der Waals surface area contributed by atoms with Gasteiger partial charge in [0, 0.05) is 16.6 Å². The van der Waals surface area contributed by atoms with Crippen LogP contribution in [0.2, 0.25) is 0 Å². The van der Waals surface area contributed by atoms with E-state index in [0.717, 1.165) is 0 Å². The Morgan fingerprint density at radius 3 is 2.35 bits per heavy atom. The number of fused-ring (bicyclic) bond motifs is 1. The van der Waals surface area contributed by atoms with E-state index in [1.54, 1.807) is 66.7 Å². The van der Waals surface area contributed by atoms with Crippen molar-refractivity contribution < 1.29 is 23.5 Å². The molecular weight excluding hydrogens is 397 g/mol. The summed E-state index contributed by atoms with van der Waals surface area (Å²) < 4.78 is 20.5. The lowest BCUT2D eigenvalue weighted by Gasteiger charge is -2.27. The van der Waals surface area contributed by atoms with Crippen molar-refractivity contribution in [2.45, 2.75) is 6.04 Å². The topological polar surface area (TPSA) is 70.8 Å². The summed E-state index contributed by atoms with van der Waals surface area (Å²) >= 11 is 0. The molecule has 0 fully saturated rings. The first-order valence-corrected chi connectivity index (χ1v) is 9.65. The number of hydrogen-bond acceptors (Lipinski definition) is 4. The van der Waals surface area contributed by atoms with Crippen LogP contribution >= 0.6 is 0 Å². The molecule has 5 rings (SSSR count). The number of aliphatic hydroxyl groups excluding tert-OH is 1. The fourth-order valence-corrected chi connectivity index (χ4v) is 3.91. The molecule has 0 saturated carbocycles. The second-order valence-electron chi connectivity index (χ2n) is 7.17. The van der Waals surface area contributed by atoms with Gasteiger partial charge in [-0.15, -0.1) is 0 Å². The summed E-state index contributed by atoms with van der Waals surface area (Å²) in [4.78, 5) is 27.7. The maximum atomic E-state index is 14.8. The summed E-state index contributed by atoms with van der Waals surface area (Å²) in [5.41, 5.74) is 0.804. The van der Waals surface area contributed by atoms with E-state index in [1.807, 2.05) is 0 Å². The van der Waals surface area contributed by atoms with Gasteiger partial charge in [0.05, 0.1) is 11.6 Å². The second kappa shape index (κ2) is 7.25. The van der Waals surface area contributed by atoms with Crippen molar-refractivity contribution in [1.29, 1.82) is 0 Å². The highest BCUT2D eigenvalue weighted by Crippen LogP contribution is 2.42. The van der Waals surface area contributed by atoms with Crippen LogP contribution < -0.4 is 4.90 Å². The average molecular weight is 413 g/mol. The molecule has 3 aromatic carbocycles. The van der Waals surface area contributed by atoms with Gasteiger partial charge in [-0.25, -0.2) is 4.39 Å². The number of para-hydroxylation sites is 2. The largest absolute Gasteiger partial charge is 0.503 e. The van der Waals surface area contributed by atoms with Gasteiger partial charge in [-0.05, 0) is 30.3 Å². The normalized spacial score (nSPS) is 16.4. The van der Waals surface area contributed by atoms with E-state index in [1.165, 1.54) is 23.1 Å². The number of Topliss-reactive ketones (excluding diaryl/α,β-unsaturated/α-hetero) is 1. The van der Waals surface area contributed by atoms with Crippen molar-refractivity contribution in [3.63, 3.8) is 0 Å². The van der Waals surface area contributed by atoms with Gasteiger partial charge in [0.2, 0.25) is 5.78 Å². The van der Waals surface area contributed by atoms with E-state index >= 15 is 0 Å². The van der Waals surface area contributed by atoms with Crippen molar-refractivity contribution in [2.24, 2.45) is 0 Å². The first-order chi connectivity index (χ1) is 15.1. The molecule has 5 nitrogen and oxygen atoms in total. The van der Waals surface area contributed by atoms with Crippen molar-refractivity contribution in [3.8, 4) is 0 Å². The highest BCUT2D eigenvalue weighted by molar-refractivity contribution is 6.20. The van der Waals surface area contributed by atoms with Gasteiger partial charge in [-0.1, -0.05) is 54.6 Å². The Balaban J connectivity index is 1.69. The minimum Gasteiger partial charge on any atom is -0.503 e. The number of aliphatic hydroxyl groups is 1. The standard InChI is InChI=1S/C25H16FNO4/c26-18-12-6-5-11-17(18)22-21(23(28)20-14-15-8-4-7-13-19(15)31-20)24(29)25(30)27(22)16-9-2-1-3-10-16/h1-14,22,29H. The van der Waals surface area contributed by atoms with Crippen LogP contribution in [0.5, 0.6) is 0 Å². The van der Waals surface area contributed by atoms with E-state index in [-0.39, 0.29) is 16.9 Å². The van der Waals surface area contributed by atoms with Gasteiger partial charge in [-0.3, -0.25) is 14.5 Å². The minimum absolute atomic E-state index is 0.0354. The van der Waals surface area contributed by atoms with Gasteiger partial charge < -0.3 is 9.52 Å². The zero-order valence-corrected chi connectivity index (χ0v) is 16.2. The maximum Gasteiger partial charge on any atom is 0.294 e. The van der Waals surface area contributed by atoms with Crippen LogP contribution in [0.1, 0.15) is 22.2 Å². The molecule has 1 unspecified atom stereocenters. The van der Waals surface area contributed by atoms with E-state index in [0.29, 0.717) is 16.7 Å². The van der Waals surface area contributed by atoms with E-state index in [9.17, 15) is 19.1 Å².